The van der Waals surface area contributed by atoms with Crippen molar-refractivity contribution in [3.8, 4) is 39.6 Å². The maximum atomic E-state index is 6.32. The minimum Gasteiger partial charge on any atom is -0.456 e. The standard InChI is InChI=1S/C53H34N4O/c1-3-14-33(15-4-1)51-54-52(34-16-5-2-6-17-34)56-53(55-51)36-18-13-19-38(28-36)57-47-24-11-9-22-41(47)45-29-35(26-27-48(45)57)43-30-37-31-46-42-23-10-12-25-49(42)58-50(46)32-44(37)40-21-8-7-20-39(40)43/h1,3-5,7-32H,2,6H2. The fourth-order valence-electron chi connectivity index (χ4n) is 8.90. The molecule has 0 amide bonds. The number of benzene rings is 8. The van der Waals surface area contributed by atoms with Crippen molar-refractivity contribution in [1.29, 1.82) is 0 Å². The van der Waals surface area contributed by atoms with Gasteiger partial charge in [0.15, 0.2) is 17.5 Å². The van der Waals surface area contributed by atoms with E-state index in [1.807, 2.05) is 30.3 Å². The third kappa shape index (κ3) is 5.21. The van der Waals surface area contributed by atoms with E-state index in [9.17, 15) is 0 Å². The van der Waals surface area contributed by atoms with E-state index in [0.717, 1.165) is 68.2 Å². The van der Waals surface area contributed by atoms with Crippen LogP contribution in [0.5, 0.6) is 0 Å². The van der Waals surface area contributed by atoms with Crippen LogP contribution in [0.3, 0.4) is 0 Å². The molecule has 0 N–H and O–H groups in total. The summed E-state index contributed by atoms with van der Waals surface area (Å²) in [6, 6.07) is 58.3. The van der Waals surface area contributed by atoms with Crippen LogP contribution >= 0.6 is 0 Å². The van der Waals surface area contributed by atoms with Gasteiger partial charge in [0.25, 0.3) is 0 Å². The number of aromatic nitrogens is 4. The van der Waals surface area contributed by atoms with Crippen LogP contribution < -0.4 is 0 Å². The maximum Gasteiger partial charge on any atom is 0.164 e. The van der Waals surface area contributed by atoms with Gasteiger partial charge in [0.2, 0.25) is 0 Å². The molecule has 0 spiro atoms. The molecule has 5 nitrogen and oxygen atoms in total. The number of fused-ring (bicyclic) bond motifs is 9. The Bertz CT molecular complexity index is 3520. The van der Waals surface area contributed by atoms with Crippen LogP contribution in [-0.4, -0.2) is 19.5 Å². The van der Waals surface area contributed by atoms with Crippen LogP contribution in [0, 0.1) is 0 Å². The third-order valence-electron chi connectivity index (χ3n) is 11.6. The van der Waals surface area contributed by atoms with E-state index in [1.165, 1.54) is 43.4 Å². The normalized spacial score (nSPS) is 13.1. The first kappa shape index (κ1) is 32.6. The fourth-order valence-corrected chi connectivity index (χ4v) is 8.90. The van der Waals surface area contributed by atoms with Gasteiger partial charge >= 0.3 is 0 Å². The predicted molar refractivity (Wildman–Crippen MR) is 239 cm³/mol. The molecule has 0 saturated heterocycles. The fraction of sp³-hybridized carbons (Fsp3) is 0.0377. The van der Waals surface area contributed by atoms with Crippen molar-refractivity contribution >= 4 is 70.9 Å². The van der Waals surface area contributed by atoms with Crippen molar-refractivity contribution in [2.45, 2.75) is 12.8 Å². The Labute approximate surface area is 333 Å². The smallest absolute Gasteiger partial charge is 0.164 e. The van der Waals surface area contributed by atoms with Gasteiger partial charge in [0.05, 0.1) is 11.0 Å². The van der Waals surface area contributed by atoms with E-state index in [2.05, 4.69) is 156 Å². The van der Waals surface area contributed by atoms with Gasteiger partial charge in [-0.1, -0.05) is 127 Å². The predicted octanol–water partition coefficient (Wildman–Crippen LogP) is 13.9. The monoisotopic (exact) mass is 742 g/mol. The summed E-state index contributed by atoms with van der Waals surface area (Å²) in [6.07, 6.45) is 8.54. The van der Waals surface area contributed by atoms with E-state index in [0.29, 0.717) is 17.5 Å². The number of para-hydroxylation sites is 2. The zero-order valence-corrected chi connectivity index (χ0v) is 31.4. The molecular weight excluding hydrogens is 709 g/mol. The number of nitrogens with zero attached hydrogens (tertiary/aromatic N) is 4. The van der Waals surface area contributed by atoms with Gasteiger partial charge in [-0.3, -0.25) is 0 Å². The van der Waals surface area contributed by atoms with Gasteiger partial charge in [-0.2, -0.15) is 0 Å². The van der Waals surface area contributed by atoms with Crippen LogP contribution in [-0.2, 0) is 0 Å². The summed E-state index contributed by atoms with van der Waals surface area (Å²) in [7, 11) is 0. The van der Waals surface area contributed by atoms with Crippen molar-refractivity contribution in [2.75, 3.05) is 0 Å². The van der Waals surface area contributed by atoms with Crippen LogP contribution in [0.15, 0.2) is 186 Å². The number of allylic oxidation sites excluding steroid dienone is 4. The summed E-state index contributed by atoms with van der Waals surface area (Å²) in [5, 5.41) is 9.49. The number of rotatable bonds is 5. The van der Waals surface area contributed by atoms with Crippen molar-refractivity contribution in [3.63, 3.8) is 0 Å². The highest BCUT2D eigenvalue weighted by atomic mass is 16.3. The van der Waals surface area contributed by atoms with Crippen LogP contribution in [0.4, 0.5) is 0 Å². The largest absolute Gasteiger partial charge is 0.456 e. The Morgan fingerprint density at radius 2 is 1.16 bits per heavy atom. The van der Waals surface area contributed by atoms with Crippen LogP contribution in [0.2, 0.25) is 0 Å². The highest BCUT2D eigenvalue weighted by Gasteiger charge is 2.18. The Balaban J connectivity index is 1.02. The molecule has 0 saturated carbocycles. The lowest BCUT2D eigenvalue weighted by Crippen LogP contribution is -2.03. The second kappa shape index (κ2) is 13.0. The third-order valence-corrected chi connectivity index (χ3v) is 11.6. The van der Waals surface area contributed by atoms with Crippen LogP contribution in [0.1, 0.15) is 18.7 Å². The van der Waals surface area contributed by atoms with E-state index < -0.39 is 0 Å². The van der Waals surface area contributed by atoms with Gasteiger partial charge in [-0.25, -0.2) is 15.0 Å². The molecule has 0 aliphatic heterocycles. The summed E-state index contributed by atoms with van der Waals surface area (Å²) in [4.78, 5) is 15.1. The second-order valence-corrected chi connectivity index (χ2v) is 15.1. The van der Waals surface area contributed by atoms with E-state index in [4.69, 9.17) is 19.4 Å². The molecule has 0 radical (unpaired) electrons. The van der Waals surface area contributed by atoms with E-state index >= 15 is 0 Å². The average molecular weight is 743 g/mol. The Kier molecular flexibility index (Phi) is 7.29. The van der Waals surface area contributed by atoms with Crippen molar-refractivity contribution in [2.24, 2.45) is 0 Å². The van der Waals surface area contributed by atoms with Crippen molar-refractivity contribution in [1.82, 2.24) is 19.5 Å². The van der Waals surface area contributed by atoms with Crippen molar-refractivity contribution in [3.05, 3.63) is 188 Å². The molecule has 1 aliphatic carbocycles. The van der Waals surface area contributed by atoms with Gasteiger partial charge in [0.1, 0.15) is 11.2 Å². The molecule has 0 fully saturated rings. The molecule has 1 aliphatic rings. The summed E-state index contributed by atoms with van der Waals surface area (Å²) in [5.41, 5.74) is 10.5. The molecule has 0 unspecified atom stereocenters. The van der Waals surface area contributed by atoms with Crippen LogP contribution in [0.25, 0.3) is 110 Å². The summed E-state index contributed by atoms with van der Waals surface area (Å²) in [5.74, 6) is 2.01. The minimum atomic E-state index is 0.650. The molecule has 0 atom stereocenters. The molecule has 8 aromatic carbocycles. The molecule has 272 valence electrons. The second-order valence-electron chi connectivity index (χ2n) is 15.1. The molecule has 12 rings (SSSR count). The number of hydrogen-bond donors (Lipinski definition) is 0. The summed E-state index contributed by atoms with van der Waals surface area (Å²) >= 11 is 0. The number of furan rings is 1. The quantitative estimate of drug-likeness (QED) is 0.165. The first-order chi connectivity index (χ1) is 28.7. The Morgan fingerprint density at radius 1 is 0.431 bits per heavy atom. The Morgan fingerprint density at radius 3 is 2.02 bits per heavy atom. The summed E-state index contributed by atoms with van der Waals surface area (Å²) < 4.78 is 8.69. The molecule has 3 aromatic heterocycles. The average Bonchev–Trinajstić information content (AvgIpc) is 3.83. The topological polar surface area (TPSA) is 56.7 Å². The lowest BCUT2D eigenvalue weighted by Gasteiger charge is -2.13. The molecule has 0 bridgehead atoms. The molecule has 11 aromatic rings. The van der Waals surface area contributed by atoms with Crippen molar-refractivity contribution < 1.29 is 4.42 Å². The van der Waals surface area contributed by atoms with Gasteiger partial charge < -0.3 is 8.98 Å². The first-order valence-corrected chi connectivity index (χ1v) is 19.8. The van der Waals surface area contributed by atoms with E-state index in [1.54, 1.807) is 0 Å². The SMILES string of the molecule is C1=CC(c2nc(-c3ccccc3)nc(-c3cccc(-n4c5ccccc5c5cc(-c6cc7cc8c(cc7c7ccccc67)oc6ccccc68)ccc54)c3)n2)=CCC1. The maximum absolute atomic E-state index is 6.32. The lowest BCUT2D eigenvalue weighted by molar-refractivity contribution is 0.669. The van der Waals surface area contributed by atoms with Gasteiger partial charge in [0, 0.05) is 43.9 Å². The molecule has 5 heteroatoms. The number of hydrogen-bond acceptors (Lipinski definition) is 4. The highest BCUT2D eigenvalue weighted by molar-refractivity contribution is 6.20. The molecule has 3 heterocycles. The zero-order valence-electron chi connectivity index (χ0n) is 31.4. The molecular formula is C53H34N4O. The zero-order chi connectivity index (χ0) is 38.2. The lowest BCUT2D eigenvalue weighted by atomic mass is 9.92. The Hall–Kier alpha value is -7.63. The van der Waals surface area contributed by atoms with Gasteiger partial charge in [-0.15, -0.1) is 0 Å². The first-order valence-electron chi connectivity index (χ1n) is 19.8. The highest BCUT2D eigenvalue weighted by Crippen LogP contribution is 2.41. The summed E-state index contributed by atoms with van der Waals surface area (Å²) in [6.45, 7) is 0. The molecule has 58 heavy (non-hydrogen) atoms. The van der Waals surface area contributed by atoms with Gasteiger partial charge in [-0.05, 0) is 100 Å². The minimum absolute atomic E-state index is 0.650. The van der Waals surface area contributed by atoms with E-state index in [-0.39, 0.29) is 0 Å².